The van der Waals surface area contributed by atoms with Crippen molar-refractivity contribution < 1.29 is 20.1 Å². The minimum absolute atomic E-state index is 0.189. The first-order valence-corrected chi connectivity index (χ1v) is 4.39. The van der Waals surface area contributed by atoms with Crippen LogP contribution in [0, 0.1) is 0 Å². The predicted octanol–water partition coefficient (Wildman–Crippen LogP) is -1.63. The van der Waals surface area contributed by atoms with Crippen molar-refractivity contribution in [2.24, 2.45) is 0 Å². The van der Waals surface area contributed by atoms with E-state index >= 15 is 0 Å². The van der Waals surface area contributed by atoms with E-state index in [0.717, 1.165) is 0 Å². The van der Waals surface area contributed by atoms with Gasteiger partial charge in [0, 0.05) is 6.42 Å². The van der Waals surface area contributed by atoms with Gasteiger partial charge in [-0.25, -0.2) is 0 Å². The Kier molecular flexibility index (Phi) is 3.24. The van der Waals surface area contributed by atoms with Crippen molar-refractivity contribution in [1.29, 1.82) is 0 Å². The third-order valence-electron chi connectivity index (χ3n) is 2.32. The second-order valence-electron chi connectivity index (χ2n) is 3.31. The van der Waals surface area contributed by atoms with Crippen LogP contribution in [0.3, 0.4) is 0 Å². The molecule has 76 valence electrons. The Morgan fingerprint density at radius 1 is 1.38 bits per heavy atom. The minimum atomic E-state index is -1.15. The largest absolute Gasteiger partial charge is 0.390 e. The van der Waals surface area contributed by atoms with Crippen molar-refractivity contribution in [3.05, 3.63) is 0 Å². The van der Waals surface area contributed by atoms with Crippen LogP contribution in [0.2, 0.25) is 0 Å². The van der Waals surface area contributed by atoms with Gasteiger partial charge in [0.15, 0.2) is 0 Å². The third kappa shape index (κ3) is 2.18. The quantitative estimate of drug-likeness (QED) is 0.420. The fraction of sp³-hybridized carbons (Fsp3) is 0.875. The van der Waals surface area contributed by atoms with Crippen molar-refractivity contribution in [3.63, 3.8) is 0 Å². The molecule has 0 radical (unpaired) electrons. The van der Waals surface area contributed by atoms with Crippen LogP contribution < -0.4 is 5.32 Å². The molecular formula is C8H15NO4. The molecule has 0 aliphatic heterocycles. The van der Waals surface area contributed by atoms with Gasteiger partial charge in [-0.3, -0.25) is 4.79 Å². The van der Waals surface area contributed by atoms with Crippen LogP contribution in [-0.4, -0.2) is 45.6 Å². The molecule has 1 saturated carbocycles. The average Bonchev–Trinajstić information content (AvgIpc) is 2.34. The van der Waals surface area contributed by atoms with Crippen LogP contribution in [0.4, 0.5) is 0 Å². The second-order valence-corrected chi connectivity index (χ2v) is 3.31. The molecule has 1 aliphatic carbocycles. The number of aliphatic hydroxyl groups excluding tert-OH is 3. The van der Waals surface area contributed by atoms with Crippen molar-refractivity contribution in [2.75, 3.05) is 0 Å². The summed E-state index contributed by atoms with van der Waals surface area (Å²) < 4.78 is 0. The van der Waals surface area contributed by atoms with Gasteiger partial charge in [-0.05, 0) is 6.42 Å². The lowest BCUT2D eigenvalue weighted by atomic mass is 10.2. The summed E-state index contributed by atoms with van der Waals surface area (Å²) >= 11 is 0. The molecule has 0 saturated heterocycles. The first kappa shape index (κ1) is 10.4. The van der Waals surface area contributed by atoms with Gasteiger partial charge in [-0.15, -0.1) is 0 Å². The van der Waals surface area contributed by atoms with Crippen LogP contribution in [0.1, 0.15) is 19.8 Å². The molecular weight excluding hydrogens is 174 g/mol. The van der Waals surface area contributed by atoms with Crippen LogP contribution in [0.25, 0.3) is 0 Å². The van der Waals surface area contributed by atoms with E-state index in [1.807, 2.05) is 0 Å². The van der Waals surface area contributed by atoms with E-state index in [1.54, 1.807) is 6.92 Å². The zero-order chi connectivity index (χ0) is 10.0. The lowest BCUT2D eigenvalue weighted by molar-refractivity contribution is -0.122. The normalized spacial score (nSPS) is 39.1. The van der Waals surface area contributed by atoms with E-state index in [2.05, 4.69) is 5.32 Å². The molecule has 13 heavy (non-hydrogen) atoms. The van der Waals surface area contributed by atoms with Crippen LogP contribution >= 0.6 is 0 Å². The molecule has 0 heterocycles. The molecule has 4 atom stereocenters. The Labute approximate surface area is 76.4 Å². The summed E-state index contributed by atoms with van der Waals surface area (Å²) in [6.45, 7) is 1.70. The highest BCUT2D eigenvalue weighted by Crippen LogP contribution is 2.20. The van der Waals surface area contributed by atoms with Crippen LogP contribution in [-0.2, 0) is 4.79 Å². The Morgan fingerprint density at radius 2 is 2.00 bits per heavy atom. The Morgan fingerprint density at radius 3 is 2.38 bits per heavy atom. The lowest BCUT2D eigenvalue weighted by Gasteiger charge is -2.16. The topological polar surface area (TPSA) is 89.8 Å². The number of rotatable bonds is 2. The van der Waals surface area contributed by atoms with Crippen molar-refractivity contribution in [3.8, 4) is 0 Å². The number of aliphatic hydroxyl groups is 3. The van der Waals surface area contributed by atoms with Gasteiger partial charge in [-0.1, -0.05) is 6.92 Å². The van der Waals surface area contributed by atoms with E-state index in [1.165, 1.54) is 0 Å². The van der Waals surface area contributed by atoms with Gasteiger partial charge in [-0.2, -0.15) is 0 Å². The fourth-order valence-electron chi connectivity index (χ4n) is 1.46. The molecule has 4 unspecified atom stereocenters. The zero-order valence-electron chi connectivity index (χ0n) is 7.47. The van der Waals surface area contributed by atoms with Crippen molar-refractivity contribution in [1.82, 2.24) is 5.32 Å². The van der Waals surface area contributed by atoms with Gasteiger partial charge >= 0.3 is 0 Å². The summed E-state index contributed by atoms with van der Waals surface area (Å²) in [5, 5.41) is 30.2. The first-order valence-electron chi connectivity index (χ1n) is 4.39. The molecule has 5 heteroatoms. The van der Waals surface area contributed by atoms with E-state index in [-0.39, 0.29) is 12.3 Å². The zero-order valence-corrected chi connectivity index (χ0v) is 7.47. The molecule has 4 N–H and O–H groups in total. The van der Waals surface area contributed by atoms with Gasteiger partial charge < -0.3 is 20.6 Å². The Balaban J connectivity index is 2.49. The maximum Gasteiger partial charge on any atom is 0.220 e. The van der Waals surface area contributed by atoms with E-state index in [0.29, 0.717) is 6.42 Å². The fourth-order valence-corrected chi connectivity index (χ4v) is 1.46. The Bertz CT molecular complexity index is 197. The number of amides is 1. The maximum absolute atomic E-state index is 10.9. The smallest absolute Gasteiger partial charge is 0.220 e. The second kappa shape index (κ2) is 4.04. The number of hydrogen-bond acceptors (Lipinski definition) is 4. The lowest BCUT2D eigenvalue weighted by Crippen LogP contribution is -2.42. The van der Waals surface area contributed by atoms with Crippen LogP contribution in [0.15, 0.2) is 0 Å². The highest BCUT2D eigenvalue weighted by molar-refractivity contribution is 5.75. The highest BCUT2D eigenvalue weighted by atomic mass is 16.4. The summed E-state index contributed by atoms with van der Waals surface area (Å²) in [6, 6.07) is -0.530. The van der Waals surface area contributed by atoms with Gasteiger partial charge in [0.1, 0.15) is 12.2 Å². The number of carbonyl (C=O) groups is 1. The molecule has 0 bridgehead atoms. The predicted molar refractivity (Wildman–Crippen MR) is 44.9 cm³/mol. The summed E-state index contributed by atoms with van der Waals surface area (Å²) in [5.41, 5.74) is 0. The molecule has 0 aromatic rings. The molecule has 0 aromatic heterocycles. The molecule has 1 amide bonds. The van der Waals surface area contributed by atoms with Crippen molar-refractivity contribution >= 4 is 5.91 Å². The Hall–Kier alpha value is -0.650. The summed E-state index contributed by atoms with van der Waals surface area (Å²) in [7, 11) is 0. The molecule has 0 spiro atoms. The summed E-state index contributed by atoms with van der Waals surface area (Å²) in [6.07, 6.45) is -2.63. The highest BCUT2D eigenvalue weighted by Gasteiger charge is 2.40. The van der Waals surface area contributed by atoms with Gasteiger partial charge in [0.2, 0.25) is 5.91 Å². The molecule has 1 fully saturated rings. The SMILES string of the molecule is CCC(=O)NC1CC(O)C(O)C1O. The molecule has 5 nitrogen and oxygen atoms in total. The average molecular weight is 189 g/mol. The maximum atomic E-state index is 10.9. The molecule has 1 aliphatic rings. The van der Waals surface area contributed by atoms with Crippen molar-refractivity contribution in [2.45, 2.75) is 44.1 Å². The van der Waals surface area contributed by atoms with Gasteiger partial charge in [0.05, 0.1) is 12.1 Å². The minimum Gasteiger partial charge on any atom is -0.390 e. The van der Waals surface area contributed by atoms with E-state index in [4.69, 9.17) is 5.11 Å². The number of hydrogen-bond donors (Lipinski definition) is 4. The summed E-state index contributed by atoms with van der Waals surface area (Å²) in [5.74, 6) is -0.189. The summed E-state index contributed by atoms with van der Waals surface area (Å²) in [4.78, 5) is 10.9. The number of carbonyl (C=O) groups excluding carboxylic acids is 1. The number of nitrogens with one attached hydrogen (secondary N) is 1. The van der Waals surface area contributed by atoms with Gasteiger partial charge in [0.25, 0.3) is 0 Å². The van der Waals surface area contributed by atoms with Crippen LogP contribution in [0.5, 0.6) is 0 Å². The van der Waals surface area contributed by atoms with E-state index in [9.17, 15) is 15.0 Å². The monoisotopic (exact) mass is 189 g/mol. The first-order chi connectivity index (χ1) is 6.06. The molecule has 1 rings (SSSR count). The standard InChI is InChI=1S/C8H15NO4/c1-2-6(11)9-4-3-5(10)8(13)7(4)12/h4-5,7-8,10,12-13H,2-3H2,1H3,(H,9,11). The third-order valence-corrected chi connectivity index (χ3v) is 2.32. The molecule has 0 aromatic carbocycles. The van der Waals surface area contributed by atoms with E-state index < -0.39 is 24.4 Å².